The van der Waals surface area contributed by atoms with Gasteiger partial charge in [-0.1, -0.05) is 36.4 Å². The molecule has 26 heavy (non-hydrogen) atoms. The molecule has 0 aliphatic carbocycles. The summed E-state index contributed by atoms with van der Waals surface area (Å²) in [6, 6.07) is 17.8. The van der Waals surface area contributed by atoms with E-state index in [1.54, 1.807) is 13.2 Å². The largest absolute Gasteiger partial charge is 0.504 e. The normalized spacial score (nSPS) is 23.7. The molecule has 2 aliphatic heterocycles. The number of nitrogens with zero attached hydrogens (tertiary/aromatic N) is 2. The van der Waals surface area contributed by atoms with Crippen LogP contribution in [0.3, 0.4) is 0 Å². The third-order valence-electron chi connectivity index (χ3n) is 5.85. The van der Waals surface area contributed by atoms with Crippen molar-refractivity contribution in [3.8, 4) is 11.5 Å². The maximum absolute atomic E-state index is 9.87. The summed E-state index contributed by atoms with van der Waals surface area (Å²) in [4.78, 5) is 5.31. The first-order valence-corrected chi connectivity index (χ1v) is 9.61. The second kappa shape index (κ2) is 7.68. The zero-order chi connectivity index (χ0) is 17.9. The van der Waals surface area contributed by atoms with Gasteiger partial charge in [0.15, 0.2) is 11.5 Å². The van der Waals surface area contributed by atoms with Crippen molar-refractivity contribution in [3.05, 3.63) is 59.7 Å². The van der Waals surface area contributed by atoms with Crippen molar-refractivity contribution in [2.75, 3.05) is 26.7 Å². The molecular formula is C22H28N2O2. The monoisotopic (exact) mass is 352 g/mol. The SMILES string of the molecule is COc1cc(CN2C[C@@H]3CCCN3C[C@@H]2Cc2ccccc2)ccc1O. The third-order valence-corrected chi connectivity index (χ3v) is 5.85. The molecule has 0 spiro atoms. The van der Waals surface area contributed by atoms with E-state index in [-0.39, 0.29) is 5.75 Å². The van der Waals surface area contributed by atoms with Gasteiger partial charge in [-0.15, -0.1) is 0 Å². The highest BCUT2D eigenvalue weighted by Crippen LogP contribution is 2.30. The van der Waals surface area contributed by atoms with Crippen molar-refractivity contribution in [3.63, 3.8) is 0 Å². The average molecular weight is 352 g/mol. The number of fused-ring (bicyclic) bond motifs is 1. The van der Waals surface area contributed by atoms with Crippen LogP contribution in [0.25, 0.3) is 0 Å². The summed E-state index contributed by atoms with van der Waals surface area (Å²) >= 11 is 0. The Labute approximate surface area is 156 Å². The Morgan fingerprint density at radius 1 is 1.08 bits per heavy atom. The van der Waals surface area contributed by atoms with Gasteiger partial charge in [-0.3, -0.25) is 9.80 Å². The van der Waals surface area contributed by atoms with E-state index in [1.165, 1.54) is 30.5 Å². The van der Waals surface area contributed by atoms with Crippen LogP contribution in [0.4, 0.5) is 0 Å². The number of aromatic hydroxyl groups is 1. The first-order valence-electron chi connectivity index (χ1n) is 9.61. The number of benzene rings is 2. The Balaban J connectivity index is 1.54. The molecule has 4 rings (SSSR count). The number of methoxy groups -OCH3 is 1. The number of hydrogen-bond acceptors (Lipinski definition) is 4. The number of ether oxygens (including phenoxy) is 1. The van der Waals surface area contributed by atoms with Gasteiger partial charge in [0.2, 0.25) is 0 Å². The minimum absolute atomic E-state index is 0.206. The van der Waals surface area contributed by atoms with Crippen LogP contribution in [-0.2, 0) is 13.0 Å². The lowest BCUT2D eigenvalue weighted by Gasteiger charge is -2.44. The smallest absolute Gasteiger partial charge is 0.160 e. The molecule has 2 aliphatic rings. The van der Waals surface area contributed by atoms with Gasteiger partial charge in [0.1, 0.15) is 0 Å². The van der Waals surface area contributed by atoms with Crippen LogP contribution < -0.4 is 4.74 Å². The fourth-order valence-electron chi connectivity index (χ4n) is 4.48. The van der Waals surface area contributed by atoms with Crippen LogP contribution in [0.2, 0.25) is 0 Å². The molecule has 4 heteroatoms. The van der Waals surface area contributed by atoms with Gasteiger partial charge >= 0.3 is 0 Å². The molecule has 2 fully saturated rings. The highest BCUT2D eigenvalue weighted by Gasteiger charge is 2.36. The second-order valence-corrected chi connectivity index (χ2v) is 7.57. The van der Waals surface area contributed by atoms with E-state index in [0.29, 0.717) is 17.8 Å². The molecule has 1 N–H and O–H groups in total. The number of phenolic OH excluding ortho intramolecular Hbond substituents is 1. The van der Waals surface area contributed by atoms with Gasteiger partial charge in [-0.25, -0.2) is 0 Å². The Hall–Kier alpha value is -2.04. The predicted octanol–water partition coefficient (Wildman–Crippen LogP) is 3.29. The van der Waals surface area contributed by atoms with Crippen molar-refractivity contribution in [2.45, 2.75) is 37.9 Å². The van der Waals surface area contributed by atoms with Crippen molar-refractivity contribution < 1.29 is 9.84 Å². The van der Waals surface area contributed by atoms with Gasteiger partial charge in [0, 0.05) is 31.7 Å². The second-order valence-electron chi connectivity index (χ2n) is 7.57. The molecule has 138 valence electrons. The molecule has 0 bridgehead atoms. The van der Waals surface area contributed by atoms with Crippen LogP contribution >= 0.6 is 0 Å². The zero-order valence-corrected chi connectivity index (χ0v) is 15.5. The lowest BCUT2D eigenvalue weighted by atomic mass is 9.99. The maximum atomic E-state index is 9.87. The Bertz CT molecular complexity index is 734. The average Bonchev–Trinajstić information content (AvgIpc) is 3.11. The Morgan fingerprint density at radius 3 is 2.73 bits per heavy atom. The lowest BCUT2D eigenvalue weighted by molar-refractivity contribution is 0.0455. The Kier molecular flexibility index (Phi) is 5.14. The van der Waals surface area contributed by atoms with Crippen LogP contribution in [0.1, 0.15) is 24.0 Å². The van der Waals surface area contributed by atoms with Gasteiger partial charge in [0.25, 0.3) is 0 Å². The van der Waals surface area contributed by atoms with E-state index in [9.17, 15) is 5.11 Å². The first-order chi connectivity index (χ1) is 12.7. The standard InChI is InChI=1S/C22H28N2O2/c1-26-22-13-18(9-10-21(22)25)14-24-15-19-8-5-11-23(19)16-20(24)12-17-6-3-2-4-7-17/h2-4,6-7,9-10,13,19-20,25H,5,8,11-12,14-16H2,1H3/t19-,20-/m0/s1. The summed E-state index contributed by atoms with van der Waals surface area (Å²) < 4.78 is 5.29. The maximum Gasteiger partial charge on any atom is 0.160 e. The summed E-state index contributed by atoms with van der Waals surface area (Å²) in [6.07, 6.45) is 3.72. The summed E-state index contributed by atoms with van der Waals surface area (Å²) in [7, 11) is 1.61. The molecule has 0 unspecified atom stereocenters. The lowest BCUT2D eigenvalue weighted by Crippen LogP contribution is -2.56. The van der Waals surface area contributed by atoms with Gasteiger partial charge in [-0.05, 0) is 49.1 Å². The number of phenols is 1. The molecule has 2 saturated heterocycles. The minimum atomic E-state index is 0.206. The molecular weight excluding hydrogens is 324 g/mol. The molecule has 0 saturated carbocycles. The number of hydrogen-bond donors (Lipinski definition) is 1. The fourth-order valence-corrected chi connectivity index (χ4v) is 4.48. The first kappa shape index (κ1) is 17.4. The number of rotatable bonds is 5. The zero-order valence-electron chi connectivity index (χ0n) is 15.5. The molecule has 4 nitrogen and oxygen atoms in total. The van der Waals surface area contributed by atoms with E-state index in [2.05, 4.69) is 40.1 Å². The molecule has 0 radical (unpaired) electrons. The number of piperazine rings is 1. The molecule has 2 atom stereocenters. The fraction of sp³-hybridized carbons (Fsp3) is 0.455. The molecule has 2 aromatic carbocycles. The van der Waals surface area contributed by atoms with E-state index in [0.717, 1.165) is 26.1 Å². The summed E-state index contributed by atoms with van der Waals surface area (Å²) in [6.45, 7) is 4.42. The van der Waals surface area contributed by atoms with Crippen LogP contribution in [0.15, 0.2) is 48.5 Å². The van der Waals surface area contributed by atoms with E-state index in [1.807, 2.05) is 12.1 Å². The molecule has 2 aromatic rings. The van der Waals surface area contributed by atoms with Crippen LogP contribution in [0.5, 0.6) is 11.5 Å². The molecule has 0 aromatic heterocycles. The highest BCUT2D eigenvalue weighted by atomic mass is 16.5. The Morgan fingerprint density at radius 2 is 1.92 bits per heavy atom. The quantitative estimate of drug-likeness (QED) is 0.896. The molecule has 0 amide bonds. The van der Waals surface area contributed by atoms with Crippen molar-refractivity contribution >= 4 is 0 Å². The predicted molar refractivity (Wildman–Crippen MR) is 104 cm³/mol. The van der Waals surface area contributed by atoms with Crippen molar-refractivity contribution in [2.24, 2.45) is 0 Å². The van der Waals surface area contributed by atoms with Crippen LogP contribution in [-0.4, -0.2) is 53.7 Å². The molecule has 2 heterocycles. The van der Waals surface area contributed by atoms with E-state index in [4.69, 9.17) is 4.74 Å². The highest BCUT2D eigenvalue weighted by molar-refractivity contribution is 5.41. The van der Waals surface area contributed by atoms with Crippen LogP contribution in [0, 0.1) is 0 Å². The van der Waals surface area contributed by atoms with Crippen molar-refractivity contribution in [1.29, 1.82) is 0 Å². The van der Waals surface area contributed by atoms with Gasteiger partial charge in [0.05, 0.1) is 7.11 Å². The van der Waals surface area contributed by atoms with Gasteiger partial charge < -0.3 is 9.84 Å². The summed E-state index contributed by atoms with van der Waals surface area (Å²) in [5.74, 6) is 0.763. The topological polar surface area (TPSA) is 35.9 Å². The third kappa shape index (κ3) is 3.71. The van der Waals surface area contributed by atoms with Crippen molar-refractivity contribution in [1.82, 2.24) is 9.80 Å². The van der Waals surface area contributed by atoms with Gasteiger partial charge in [-0.2, -0.15) is 0 Å². The van der Waals surface area contributed by atoms with E-state index < -0.39 is 0 Å². The minimum Gasteiger partial charge on any atom is -0.504 e. The van der Waals surface area contributed by atoms with E-state index >= 15 is 0 Å². The summed E-state index contributed by atoms with van der Waals surface area (Å²) in [5.41, 5.74) is 2.60. The summed E-state index contributed by atoms with van der Waals surface area (Å²) in [5, 5.41) is 9.87.